The van der Waals surface area contributed by atoms with Gasteiger partial charge >= 0.3 is 12.7 Å². The van der Waals surface area contributed by atoms with Gasteiger partial charge < -0.3 is 19.7 Å². The highest BCUT2D eigenvalue weighted by atomic mass is 79.9. The van der Waals surface area contributed by atoms with E-state index >= 15 is 0 Å². The molecule has 0 amide bonds. The van der Waals surface area contributed by atoms with Crippen molar-refractivity contribution < 1.29 is 35.8 Å². The molecule has 1 saturated carbocycles. The number of halogens is 10. The summed E-state index contributed by atoms with van der Waals surface area (Å²) in [6.45, 7) is -0.0598. The Morgan fingerprint density at radius 1 is 0.816 bits per heavy atom. The van der Waals surface area contributed by atoms with E-state index in [2.05, 4.69) is 46.7 Å². The van der Waals surface area contributed by atoms with E-state index in [0.29, 0.717) is 34.6 Å². The second kappa shape index (κ2) is 16.3. The summed E-state index contributed by atoms with van der Waals surface area (Å²) in [5.41, 5.74) is 9.17. The fourth-order valence-corrected chi connectivity index (χ4v) is 6.87. The number of ether oxygens (including phenoxy) is 2. The first-order valence-corrected chi connectivity index (χ1v) is 16.3. The minimum Gasteiger partial charge on any atom is -0.405 e. The molecule has 5 rings (SSSR count). The monoisotopic (exact) mass is 863 g/mol. The number of hydrogen-bond donors (Lipinski definition) is 2. The SMILES string of the molecule is CN(C)C1=NC(N)(C2CCC(N(Cc3ccc(Br)cc3OC(F)(F)F)Cc3ccc(Br)cc3OC(F)(F)F)CC2)Nc2ccccc21.Cl.Cl. The number of rotatable bonds is 8. The quantitative estimate of drug-likeness (QED) is 0.220. The number of amidine groups is 1. The Hall–Kier alpha value is -2.43. The first-order chi connectivity index (χ1) is 22.0. The van der Waals surface area contributed by atoms with E-state index in [9.17, 15) is 26.3 Å². The number of hydrogen-bond acceptors (Lipinski definition) is 7. The van der Waals surface area contributed by atoms with E-state index in [1.54, 1.807) is 12.1 Å². The number of alkyl halides is 6. The molecule has 0 saturated heterocycles. The van der Waals surface area contributed by atoms with Gasteiger partial charge in [-0.15, -0.1) is 51.2 Å². The highest BCUT2D eigenvalue weighted by Crippen LogP contribution is 2.41. The van der Waals surface area contributed by atoms with Crippen LogP contribution < -0.4 is 20.5 Å². The number of nitrogens with zero attached hydrogens (tertiary/aromatic N) is 3. The number of anilines is 1. The van der Waals surface area contributed by atoms with E-state index in [1.807, 2.05) is 48.2 Å². The largest absolute Gasteiger partial charge is 0.573 e. The first-order valence-electron chi connectivity index (χ1n) is 14.8. The van der Waals surface area contributed by atoms with Crippen molar-refractivity contribution in [1.29, 1.82) is 0 Å². The molecule has 0 aromatic heterocycles. The predicted molar refractivity (Wildman–Crippen MR) is 188 cm³/mol. The summed E-state index contributed by atoms with van der Waals surface area (Å²) >= 11 is 6.39. The molecule has 49 heavy (non-hydrogen) atoms. The van der Waals surface area contributed by atoms with Gasteiger partial charge in [0.2, 0.25) is 0 Å². The summed E-state index contributed by atoms with van der Waals surface area (Å²) in [5.74, 6) is -1.26. The number of fused-ring (bicyclic) bond motifs is 1. The van der Waals surface area contributed by atoms with Crippen LogP contribution in [0.3, 0.4) is 0 Å². The van der Waals surface area contributed by atoms with E-state index in [-0.39, 0.29) is 61.0 Å². The average Bonchev–Trinajstić information content (AvgIpc) is 2.97. The van der Waals surface area contributed by atoms with Gasteiger partial charge in [0.25, 0.3) is 0 Å². The molecule has 7 nitrogen and oxygen atoms in total. The second-order valence-electron chi connectivity index (χ2n) is 11.8. The molecule has 1 aliphatic carbocycles. The van der Waals surface area contributed by atoms with Crippen LogP contribution in [0.25, 0.3) is 0 Å². The normalized spacial score (nSPS) is 20.6. The van der Waals surface area contributed by atoms with Crippen molar-refractivity contribution in [2.45, 2.75) is 63.3 Å². The van der Waals surface area contributed by atoms with Crippen LogP contribution in [0.4, 0.5) is 32.0 Å². The fourth-order valence-electron chi connectivity index (χ4n) is 6.19. The molecule has 0 radical (unpaired) electrons. The lowest BCUT2D eigenvalue weighted by Gasteiger charge is -2.45. The summed E-state index contributed by atoms with van der Waals surface area (Å²) in [7, 11) is 3.79. The summed E-state index contributed by atoms with van der Waals surface area (Å²) in [5, 5.41) is 3.42. The number of aliphatic imine (C=N–C) groups is 1. The Balaban J connectivity index is 0.00000325. The van der Waals surface area contributed by atoms with Crippen LogP contribution in [0.5, 0.6) is 11.5 Å². The van der Waals surface area contributed by atoms with Gasteiger partial charge in [0.05, 0.1) is 0 Å². The summed E-state index contributed by atoms with van der Waals surface area (Å²) < 4.78 is 89.6. The first kappa shape index (κ1) is 41.0. The maximum Gasteiger partial charge on any atom is 0.573 e. The van der Waals surface area contributed by atoms with E-state index in [4.69, 9.17) is 10.7 Å². The lowest BCUT2D eigenvalue weighted by Crippen LogP contribution is -2.57. The van der Waals surface area contributed by atoms with Gasteiger partial charge in [-0.05, 0) is 62.1 Å². The lowest BCUT2D eigenvalue weighted by atomic mass is 9.80. The molecule has 2 aliphatic rings. The molecule has 1 fully saturated rings. The smallest absolute Gasteiger partial charge is 0.405 e. The topological polar surface area (TPSA) is 75.4 Å². The molecule has 0 bridgehead atoms. The molecule has 270 valence electrons. The van der Waals surface area contributed by atoms with E-state index in [0.717, 1.165) is 17.1 Å². The van der Waals surface area contributed by atoms with Crippen LogP contribution in [0.2, 0.25) is 0 Å². The molecule has 17 heteroatoms. The van der Waals surface area contributed by atoms with Crippen molar-refractivity contribution in [2.24, 2.45) is 16.6 Å². The van der Waals surface area contributed by atoms with Crippen LogP contribution in [0.1, 0.15) is 42.4 Å². The zero-order valence-corrected chi connectivity index (χ0v) is 31.1. The van der Waals surface area contributed by atoms with E-state index < -0.39 is 30.0 Å². The molecule has 3 aromatic carbocycles. The molecule has 1 aliphatic heterocycles. The number of para-hydroxylation sites is 1. The Bertz CT molecular complexity index is 1560. The van der Waals surface area contributed by atoms with Crippen molar-refractivity contribution in [3.8, 4) is 11.5 Å². The summed E-state index contributed by atoms with van der Waals surface area (Å²) in [4.78, 5) is 8.71. The van der Waals surface area contributed by atoms with Crippen LogP contribution in [-0.4, -0.2) is 54.3 Å². The Kier molecular flexibility index (Phi) is 13.6. The van der Waals surface area contributed by atoms with Gasteiger partial charge in [-0.3, -0.25) is 10.6 Å². The molecular weight excluding hydrogens is 831 g/mol. The lowest BCUT2D eigenvalue weighted by molar-refractivity contribution is -0.275. The van der Waals surface area contributed by atoms with Crippen LogP contribution in [0.15, 0.2) is 74.6 Å². The fraction of sp³-hybridized carbons (Fsp3) is 0.406. The molecule has 3 N–H and O–H groups in total. The molecule has 0 spiro atoms. The van der Waals surface area contributed by atoms with Gasteiger partial charge in [0.1, 0.15) is 17.3 Å². The second-order valence-corrected chi connectivity index (χ2v) is 13.7. The van der Waals surface area contributed by atoms with Crippen molar-refractivity contribution in [3.05, 3.63) is 86.3 Å². The summed E-state index contributed by atoms with van der Waals surface area (Å²) in [6, 6.07) is 16.2. The minimum atomic E-state index is -4.94. The van der Waals surface area contributed by atoms with Crippen LogP contribution in [-0.2, 0) is 13.1 Å². The summed E-state index contributed by atoms with van der Waals surface area (Å²) in [6.07, 6.45) is -7.53. The highest BCUT2D eigenvalue weighted by Gasteiger charge is 2.42. The van der Waals surface area contributed by atoms with Crippen molar-refractivity contribution >= 4 is 68.2 Å². The Morgan fingerprint density at radius 3 is 1.78 bits per heavy atom. The van der Waals surface area contributed by atoms with Crippen LogP contribution in [0, 0.1) is 5.92 Å². The molecule has 1 unspecified atom stereocenters. The number of nitrogens with two attached hydrogens (primary N) is 1. The molecular formula is C32H35Br2Cl2F6N5O2. The maximum atomic E-state index is 13.4. The van der Waals surface area contributed by atoms with Crippen LogP contribution >= 0.6 is 56.7 Å². The van der Waals surface area contributed by atoms with Gasteiger partial charge in [-0.2, -0.15) is 0 Å². The molecule has 1 heterocycles. The Labute approximate surface area is 309 Å². The van der Waals surface area contributed by atoms with Gasteiger partial charge in [-0.25, -0.2) is 4.99 Å². The van der Waals surface area contributed by atoms with Crippen molar-refractivity contribution in [1.82, 2.24) is 9.80 Å². The van der Waals surface area contributed by atoms with E-state index in [1.165, 1.54) is 24.3 Å². The third-order valence-corrected chi connectivity index (χ3v) is 9.30. The number of benzene rings is 3. The zero-order chi connectivity index (χ0) is 34.1. The highest BCUT2D eigenvalue weighted by molar-refractivity contribution is 9.10. The third kappa shape index (κ3) is 10.5. The molecule has 1 atom stereocenters. The van der Waals surface area contributed by atoms with Gasteiger partial charge in [0.15, 0.2) is 5.79 Å². The van der Waals surface area contributed by atoms with Gasteiger partial charge in [-0.1, -0.05) is 56.1 Å². The third-order valence-electron chi connectivity index (χ3n) is 8.31. The molecule has 3 aromatic rings. The maximum absolute atomic E-state index is 13.4. The number of nitrogens with one attached hydrogen (secondary N) is 1. The van der Waals surface area contributed by atoms with Gasteiger partial charge in [0, 0.05) is 70.5 Å². The zero-order valence-electron chi connectivity index (χ0n) is 26.2. The standard InChI is InChI=1S/C32H33Br2F6N5O2.2ClH/c1-44(2)29-25-5-3-4-6-26(25)42-30(41,43-29)21-9-13-24(14-10-21)45(17-19-7-11-22(33)15-27(19)46-31(35,36)37)18-20-8-12-23(34)16-28(20)47-32(38,39)40;;/h3-8,11-12,15-16,21,24,42H,9-10,13-14,17-18,41H2,1-2H3;2*1H. The average molecular weight is 866 g/mol. The van der Waals surface area contributed by atoms with Crippen molar-refractivity contribution in [3.63, 3.8) is 0 Å². The predicted octanol–water partition coefficient (Wildman–Crippen LogP) is 9.46. The Morgan fingerprint density at radius 2 is 1.31 bits per heavy atom. The minimum absolute atomic E-state index is 0. The van der Waals surface area contributed by atoms with Crippen molar-refractivity contribution in [2.75, 3.05) is 19.4 Å².